The molecule has 0 radical (unpaired) electrons. The van der Waals surface area contributed by atoms with E-state index in [1.165, 1.54) is 18.4 Å². The lowest BCUT2D eigenvalue weighted by atomic mass is 10.2. The molecule has 0 aliphatic rings. The Morgan fingerprint density at radius 1 is 1.29 bits per heavy atom. The van der Waals surface area contributed by atoms with E-state index < -0.39 is 0 Å². The summed E-state index contributed by atoms with van der Waals surface area (Å²) in [7, 11) is 0. The van der Waals surface area contributed by atoms with Gasteiger partial charge in [-0.2, -0.15) is 0 Å². The first-order valence-corrected chi connectivity index (χ1v) is 5.37. The number of anilines is 1. The average Bonchev–Trinajstić information content (AvgIpc) is 2.80. The maximum absolute atomic E-state index is 11.9. The van der Waals surface area contributed by atoms with Crippen molar-refractivity contribution in [2.45, 2.75) is 13.3 Å². The zero-order valence-corrected chi connectivity index (χ0v) is 9.43. The van der Waals surface area contributed by atoms with Crippen molar-refractivity contribution in [1.29, 1.82) is 0 Å². The summed E-state index contributed by atoms with van der Waals surface area (Å²) in [6.07, 6.45) is 2.18. The molecule has 0 bridgehead atoms. The van der Waals surface area contributed by atoms with Crippen LogP contribution in [0.1, 0.15) is 23.0 Å². The minimum atomic E-state index is -0.207. The van der Waals surface area contributed by atoms with Gasteiger partial charge in [0.1, 0.15) is 11.5 Å². The van der Waals surface area contributed by atoms with Gasteiger partial charge in [-0.15, -0.1) is 0 Å². The van der Waals surface area contributed by atoms with E-state index >= 15 is 0 Å². The van der Waals surface area contributed by atoms with Crippen LogP contribution in [0.4, 0.5) is 5.69 Å². The van der Waals surface area contributed by atoms with Crippen LogP contribution in [-0.4, -0.2) is 11.0 Å². The van der Waals surface area contributed by atoms with Crippen LogP contribution in [0.5, 0.6) is 5.75 Å². The van der Waals surface area contributed by atoms with Gasteiger partial charge < -0.3 is 14.8 Å². The molecule has 1 heterocycles. The molecule has 4 heteroatoms. The maximum atomic E-state index is 11.9. The zero-order valence-electron chi connectivity index (χ0n) is 9.43. The van der Waals surface area contributed by atoms with Gasteiger partial charge in [-0.3, -0.25) is 4.79 Å². The van der Waals surface area contributed by atoms with Crippen LogP contribution < -0.4 is 5.32 Å². The highest BCUT2D eigenvalue weighted by Gasteiger charge is 2.13. The summed E-state index contributed by atoms with van der Waals surface area (Å²) in [6.45, 7) is 1.93. The fraction of sp³-hybridized carbons (Fsp3) is 0.154. The largest absolute Gasteiger partial charge is 0.508 e. The molecule has 4 nitrogen and oxygen atoms in total. The number of aryl methyl sites for hydroxylation is 1. The second-order valence-corrected chi connectivity index (χ2v) is 3.61. The van der Waals surface area contributed by atoms with Crippen LogP contribution in [0.15, 0.2) is 41.0 Å². The molecule has 0 unspecified atom stereocenters. The van der Waals surface area contributed by atoms with E-state index in [0.717, 1.165) is 0 Å². The topological polar surface area (TPSA) is 62.5 Å². The monoisotopic (exact) mass is 231 g/mol. The Labute approximate surface area is 98.9 Å². The van der Waals surface area contributed by atoms with Crippen LogP contribution in [0.3, 0.4) is 0 Å². The van der Waals surface area contributed by atoms with Crippen LogP contribution in [0.2, 0.25) is 0 Å². The molecular formula is C13H13NO3. The molecule has 1 amide bonds. The first kappa shape index (κ1) is 11.3. The first-order chi connectivity index (χ1) is 8.20. The van der Waals surface area contributed by atoms with Crippen molar-refractivity contribution in [1.82, 2.24) is 0 Å². The molecule has 0 spiro atoms. The molecular weight excluding hydrogens is 218 g/mol. The first-order valence-electron chi connectivity index (χ1n) is 5.37. The highest BCUT2D eigenvalue weighted by Crippen LogP contribution is 2.17. The van der Waals surface area contributed by atoms with E-state index in [1.54, 1.807) is 18.2 Å². The minimum absolute atomic E-state index is 0.167. The minimum Gasteiger partial charge on any atom is -0.508 e. The number of phenolic OH excluding ortho intramolecular Hbond substituents is 1. The Morgan fingerprint density at radius 2 is 2.00 bits per heavy atom. The summed E-state index contributed by atoms with van der Waals surface area (Å²) in [4.78, 5) is 11.9. The van der Waals surface area contributed by atoms with Crippen molar-refractivity contribution in [3.05, 3.63) is 47.9 Å². The van der Waals surface area contributed by atoms with Gasteiger partial charge in [0.2, 0.25) is 0 Å². The Hall–Kier alpha value is -2.23. The molecule has 0 fully saturated rings. The number of nitrogens with one attached hydrogen (secondary N) is 1. The highest BCUT2D eigenvalue weighted by molar-refractivity contribution is 6.04. The molecule has 0 aliphatic heterocycles. The number of furan rings is 1. The van der Waals surface area contributed by atoms with Gasteiger partial charge in [0.15, 0.2) is 0 Å². The fourth-order valence-electron chi connectivity index (χ4n) is 1.56. The third kappa shape index (κ3) is 2.47. The summed E-state index contributed by atoms with van der Waals surface area (Å²) in [5.41, 5.74) is 1.18. The standard InChI is InChI=1S/C13H13NO3/c1-2-12-11(7-8-17-12)13(16)14-9-3-5-10(15)6-4-9/h3-8,15H,2H2,1H3,(H,14,16). The second-order valence-electron chi connectivity index (χ2n) is 3.61. The summed E-state index contributed by atoms with van der Waals surface area (Å²) in [5, 5.41) is 11.9. The normalized spacial score (nSPS) is 10.2. The lowest BCUT2D eigenvalue weighted by Crippen LogP contribution is -2.12. The summed E-state index contributed by atoms with van der Waals surface area (Å²) in [6, 6.07) is 7.96. The second kappa shape index (κ2) is 4.74. The van der Waals surface area contributed by atoms with E-state index in [4.69, 9.17) is 9.52 Å². The molecule has 2 rings (SSSR count). The van der Waals surface area contributed by atoms with Crippen LogP contribution >= 0.6 is 0 Å². The van der Waals surface area contributed by atoms with Crippen molar-refractivity contribution in [3.8, 4) is 5.75 Å². The molecule has 1 aromatic carbocycles. The zero-order chi connectivity index (χ0) is 12.3. The number of carbonyl (C=O) groups excluding carboxylic acids is 1. The fourth-order valence-corrected chi connectivity index (χ4v) is 1.56. The quantitative estimate of drug-likeness (QED) is 0.798. The maximum Gasteiger partial charge on any atom is 0.259 e. The number of hydrogen-bond acceptors (Lipinski definition) is 3. The molecule has 2 N–H and O–H groups in total. The number of benzene rings is 1. The third-order valence-corrected chi connectivity index (χ3v) is 2.44. The number of carbonyl (C=O) groups is 1. The Balaban J connectivity index is 2.14. The summed E-state index contributed by atoms with van der Waals surface area (Å²) in [5.74, 6) is 0.628. The van der Waals surface area contributed by atoms with Crippen LogP contribution in [0, 0.1) is 0 Å². The lowest BCUT2D eigenvalue weighted by molar-refractivity contribution is 0.102. The number of rotatable bonds is 3. The van der Waals surface area contributed by atoms with Gasteiger partial charge in [-0.25, -0.2) is 0 Å². The van der Waals surface area contributed by atoms with Crippen molar-refractivity contribution >= 4 is 11.6 Å². The highest BCUT2D eigenvalue weighted by atomic mass is 16.3. The molecule has 0 saturated heterocycles. The Bertz CT molecular complexity index is 514. The van der Waals surface area contributed by atoms with Gasteiger partial charge in [0, 0.05) is 12.1 Å². The van der Waals surface area contributed by atoms with Crippen molar-refractivity contribution in [2.24, 2.45) is 0 Å². The third-order valence-electron chi connectivity index (χ3n) is 2.44. The van der Waals surface area contributed by atoms with Crippen molar-refractivity contribution < 1.29 is 14.3 Å². The van der Waals surface area contributed by atoms with Crippen LogP contribution in [-0.2, 0) is 6.42 Å². The molecule has 1 aromatic heterocycles. The Kier molecular flexibility index (Phi) is 3.14. The van der Waals surface area contributed by atoms with Gasteiger partial charge in [0.25, 0.3) is 5.91 Å². The molecule has 17 heavy (non-hydrogen) atoms. The van der Waals surface area contributed by atoms with Gasteiger partial charge in [-0.05, 0) is 30.3 Å². The van der Waals surface area contributed by atoms with E-state index in [9.17, 15) is 4.79 Å². The molecule has 0 atom stereocenters. The van der Waals surface area contributed by atoms with E-state index in [2.05, 4.69) is 5.32 Å². The lowest BCUT2D eigenvalue weighted by Gasteiger charge is -2.04. The van der Waals surface area contributed by atoms with Gasteiger partial charge in [-0.1, -0.05) is 6.92 Å². The van der Waals surface area contributed by atoms with Gasteiger partial charge >= 0.3 is 0 Å². The summed E-state index contributed by atoms with van der Waals surface area (Å²) >= 11 is 0. The molecule has 0 aliphatic carbocycles. The Morgan fingerprint density at radius 3 is 2.65 bits per heavy atom. The predicted molar refractivity (Wildman–Crippen MR) is 64.1 cm³/mol. The van der Waals surface area contributed by atoms with E-state index in [0.29, 0.717) is 23.4 Å². The number of aromatic hydroxyl groups is 1. The smallest absolute Gasteiger partial charge is 0.259 e. The number of amides is 1. The predicted octanol–water partition coefficient (Wildman–Crippen LogP) is 2.80. The summed E-state index contributed by atoms with van der Waals surface area (Å²) < 4.78 is 5.19. The van der Waals surface area contributed by atoms with Gasteiger partial charge in [0.05, 0.1) is 11.8 Å². The average molecular weight is 231 g/mol. The molecule has 2 aromatic rings. The van der Waals surface area contributed by atoms with Crippen LogP contribution in [0.25, 0.3) is 0 Å². The van der Waals surface area contributed by atoms with Crippen molar-refractivity contribution in [3.63, 3.8) is 0 Å². The number of hydrogen-bond donors (Lipinski definition) is 2. The molecule has 0 saturated carbocycles. The number of phenols is 1. The van der Waals surface area contributed by atoms with Crippen molar-refractivity contribution in [2.75, 3.05) is 5.32 Å². The van der Waals surface area contributed by atoms with E-state index in [1.807, 2.05) is 6.92 Å². The molecule has 88 valence electrons. The van der Waals surface area contributed by atoms with E-state index in [-0.39, 0.29) is 11.7 Å². The SMILES string of the molecule is CCc1occc1C(=O)Nc1ccc(O)cc1.